The molecule has 0 aliphatic heterocycles. The molecule has 4 nitrogen and oxygen atoms in total. The van der Waals surface area contributed by atoms with Crippen LogP contribution in [0.3, 0.4) is 0 Å². The Balaban J connectivity index is 2.12. The molecule has 0 unspecified atom stereocenters. The fourth-order valence-corrected chi connectivity index (χ4v) is 4.23. The molecule has 8 heteroatoms. The zero-order valence-corrected chi connectivity index (χ0v) is 13.6. The van der Waals surface area contributed by atoms with Crippen LogP contribution in [0.1, 0.15) is 10.4 Å². The Bertz CT molecular complexity index is 760. The van der Waals surface area contributed by atoms with Gasteiger partial charge in [0.15, 0.2) is 0 Å². The van der Waals surface area contributed by atoms with E-state index in [4.69, 9.17) is 17.3 Å². The summed E-state index contributed by atoms with van der Waals surface area (Å²) in [6.45, 7) is 1.61. The van der Waals surface area contributed by atoms with E-state index in [2.05, 4.69) is 4.72 Å². The van der Waals surface area contributed by atoms with E-state index in [1.807, 2.05) is 6.07 Å². The van der Waals surface area contributed by atoms with E-state index in [0.29, 0.717) is 10.8 Å². The summed E-state index contributed by atoms with van der Waals surface area (Å²) < 4.78 is 41.1. The summed E-state index contributed by atoms with van der Waals surface area (Å²) in [4.78, 5) is 0.836. The van der Waals surface area contributed by atoms with Crippen molar-refractivity contribution in [3.8, 4) is 0 Å². The van der Waals surface area contributed by atoms with E-state index < -0.39 is 15.8 Å². The van der Waals surface area contributed by atoms with Crippen molar-refractivity contribution >= 4 is 38.6 Å². The Labute approximate surface area is 131 Å². The highest BCUT2D eigenvalue weighted by Gasteiger charge is 2.19. The third kappa shape index (κ3) is 3.94. The van der Waals surface area contributed by atoms with Gasteiger partial charge in [-0.3, -0.25) is 0 Å². The van der Waals surface area contributed by atoms with Crippen molar-refractivity contribution in [2.45, 2.75) is 18.2 Å². The smallest absolute Gasteiger partial charge is 0.241 e. The molecule has 1 aromatic carbocycles. The molecule has 0 saturated heterocycles. The summed E-state index contributed by atoms with van der Waals surface area (Å²) in [6, 6.07) is 5.95. The molecule has 3 N–H and O–H groups in total. The van der Waals surface area contributed by atoms with Crippen molar-refractivity contribution in [2.75, 3.05) is 12.3 Å². The summed E-state index contributed by atoms with van der Waals surface area (Å²) in [5, 5.41) is 0. The minimum absolute atomic E-state index is 0.0517. The van der Waals surface area contributed by atoms with E-state index >= 15 is 0 Å². The van der Waals surface area contributed by atoms with Crippen LogP contribution in [0.5, 0.6) is 0 Å². The molecule has 0 atom stereocenters. The van der Waals surface area contributed by atoms with Crippen LogP contribution in [-0.2, 0) is 16.4 Å². The maximum Gasteiger partial charge on any atom is 0.241 e. The van der Waals surface area contributed by atoms with Gasteiger partial charge in [-0.2, -0.15) is 0 Å². The second-order valence-electron chi connectivity index (χ2n) is 4.48. The summed E-state index contributed by atoms with van der Waals surface area (Å²) in [7, 11) is -3.80. The van der Waals surface area contributed by atoms with E-state index in [9.17, 15) is 12.8 Å². The molecule has 2 aromatic rings. The molecular weight excluding hydrogens is 335 g/mol. The number of hydrogen-bond acceptors (Lipinski definition) is 4. The van der Waals surface area contributed by atoms with Crippen LogP contribution in [0.2, 0.25) is 4.34 Å². The fraction of sp³-hybridized carbons (Fsp3) is 0.231. The van der Waals surface area contributed by atoms with E-state index in [-0.39, 0.29) is 22.7 Å². The highest BCUT2D eigenvalue weighted by molar-refractivity contribution is 7.89. The summed E-state index contributed by atoms with van der Waals surface area (Å²) in [6.07, 6.45) is 0.514. The molecular formula is C13H14ClFN2O2S2. The third-order valence-corrected chi connectivity index (χ3v) is 5.78. The van der Waals surface area contributed by atoms with Crippen LogP contribution in [-0.4, -0.2) is 15.0 Å². The van der Waals surface area contributed by atoms with Crippen LogP contribution in [0.4, 0.5) is 10.1 Å². The molecule has 0 aliphatic rings. The van der Waals surface area contributed by atoms with Crippen LogP contribution in [0.15, 0.2) is 29.2 Å². The molecule has 0 aliphatic carbocycles. The zero-order chi connectivity index (χ0) is 15.6. The lowest BCUT2D eigenvalue weighted by molar-refractivity contribution is 0.575. The van der Waals surface area contributed by atoms with Gasteiger partial charge in [0.25, 0.3) is 0 Å². The number of benzene rings is 1. The Kier molecular flexibility index (Phi) is 4.88. The van der Waals surface area contributed by atoms with Crippen molar-refractivity contribution in [2.24, 2.45) is 0 Å². The van der Waals surface area contributed by atoms with Gasteiger partial charge < -0.3 is 5.73 Å². The van der Waals surface area contributed by atoms with Gasteiger partial charge in [-0.15, -0.1) is 11.3 Å². The van der Waals surface area contributed by atoms with E-state index in [1.165, 1.54) is 24.3 Å². The number of thiophene rings is 1. The predicted molar refractivity (Wildman–Crippen MR) is 83.8 cm³/mol. The maximum absolute atomic E-state index is 13.6. The van der Waals surface area contributed by atoms with Crippen molar-refractivity contribution in [3.63, 3.8) is 0 Å². The summed E-state index contributed by atoms with van der Waals surface area (Å²) in [5.74, 6) is -0.639. The zero-order valence-electron chi connectivity index (χ0n) is 11.2. The largest absolute Gasteiger partial charge is 0.399 e. The fourth-order valence-electron chi connectivity index (χ4n) is 1.83. The monoisotopic (exact) mass is 348 g/mol. The van der Waals surface area contributed by atoms with Gasteiger partial charge in [0, 0.05) is 22.7 Å². The van der Waals surface area contributed by atoms with Crippen LogP contribution in [0.25, 0.3) is 0 Å². The lowest BCUT2D eigenvalue weighted by Crippen LogP contribution is -2.26. The van der Waals surface area contributed by atoms with Crippen molar-refractivity contribution < 1.29 is 12.8 Å². The van der Waals surface area contributed by atoms with Crippen molar-refractivity contribution in [3.05, 3.63) is 44.9 Å². The molecule has 0 fully saturated rings. The highest BCUT2D eigenvalue weighted by Crippen LogP contribution is 2.23. The average molecular weight is 349 g/mol. The average Bonchev–Trinajstić information content (AvgIpc) is 2.79. The lowest BCUT2D eigenvalue weighted by atomic mass is 10.2. The Morgan fingerprint density at radius 2 is 2.10 bits per heavy atom. The normalized spacial score (nSPS) is 11.8. The first-order valence-electron chi connectivity index (χ1n) is 6.09. The third-order valence-electron chi connectivity index (χ3n) is 2.90. The number of nitrogen functional groups attached to an aromatic ring is 1. The molecule has 0 radical (unpaired) electrons. The minimum Gasteiger partial charge on any atom is -0.399 e. The Morgan fingerprint density at radius 1 is 1.38 bits per heavy atom. The van der Waals surface area contributed by atoms with Crippen LogP contribution in [0, 0.1) is 12.7 Å². The molecule has 1 heterocycles. The molecule has 0 saturated carbocycles. The van der Waals surface area contributed by atoms with Crippen molar-refractivity contribution in [1.29, 1.82) is 0 Å². The number of sulfonamides is 1. The number of anilines is 1. The number of nitrogens with two attached hydrogens (primary N) is 1. The first kappa shape index (κ1) is 16.2. The first-order valence-corrected chi connectivity index (χ1v) is 8.77. The summed E-state index contributed by atoms with van der Waals surface area (Å²) in [5.41, 5.74) is 5.63. The molecule has 0 bridgehead atoms. The van der Waals surface area contributed by atoms with Gasteiger partial charge in [-0.25, -0.2) is 17.5 Å². The second kappa shape index (κ2) is 6.31. The minimum atomic E-state index is -3.80. The topological polar surface area (TPSA) is 72.2 Å². The standard InChI is InChI=1S/C13H14ClFN2O2S2/c1-8-11(15)6-9(16)7-12(8)21(18,19)17-5-4-10-2-3-13(14)20-10/h2-3,6-7,17H,4-5,16H2,1H3. The molecule has 114 valence electrons. The van der Waals surface area contributed by atoms with Gasteiger partial charge in [-0.1, -0.05) is 11.6 Å². The van der Waals surface area contributed by atoms with Gasteiger partial charge in [-0.05, 0) is 37.6 Å². The number of rotatable bonds is 5. The SMILES string of the molecule is Cc1c(F)cc(N)cc1S(=O)(=O)NCCc1ccc(Cl)s1. The van der Waals surface area contributed by atoms with E-state index in [1.54, 1.807) is 6.07 Å². The van der Waals surface area contributed by atoms with Gasteiger partial charge in [0.2, 0.25) is 10.0 Å². The van der Waals surface area contributed by atoms with Crippen molar-refractivity contribution in [1.82, 2.24) is 4.72 Å². The number of nitrogens with one attached hydrogen (secondary N) is 1. The highest BCUT2D eigenvalue weighted by atomic mass is 35.5. The molecule has 0 amide bonds. The lowest BCUT2D eigenvalue weighted by Gasteiger charge is -2.10. The second-order valence-corrected chi connectivity index (χ2v) is 8.01. The quantitative estimate of drug-likeness (QED) is 0.816. The molecule has 2 rings (SSSR count). The summed E-state index contributed by atoms with van der Waals surface area (Å²) >= 11 is 7.20. The molecule has 0 spiro atoms. The number of hydrogen-bond donors (Lipinski definition) is 2. The Morgan fingerprint density at radius 3 is 2.71 bits per heavy atom. The predicted octanol–water partition coefficient (Wildman–Crippen LogP) is 2.95. The number of halogens is 2. The van der Waals surface area contributed by atoms with Gasteiger partial charge >= 0.3 is 0 Å². The maximum atomic E-state index is 13.6. The van der Waals surface area contributed by atoms with Crippen LogP contribution >= 0.6 is 22.9 Å². The van der Waals surface area contributed by atoms with Gasteiger partial charge in [0.05, 0.1) is 9.23 Å². The van der Waals surface area contributed by atoms with Gasteiger partial charge in [0.1, 0.15) is 5.82 Å². The molecule has 1 aromatic heterocycles. The first-order chi connectivity index (χ1) is 9.79. The van der Waals surface area contributed by atoms with Crippen LogP contribution < -0.4 is 10.5 Å². The molecule has 21 heavy (non-hydrogen) atoms. The Hall–Kier alpha value is -1.15. The van der Waals surface area contributed by atoms with E-state index in [0.717, 1.165) is 10.9 Å².